The van der Waals surface area contributed by atoms with Crippen molar-refractivity contribution < 1.29 is 14.3 Å². The van der Waals surface area contributed by atoms with Crippen LogP contribution in [0.15, 0.2) is 42.5 Å². The summed E-state index contributed by atoms with van der Waals surface area (Å²) in [6.07, 6.45) is 2.40. The van der Waals surface area contributed by atoms with E-state index in [4.69, 9.17) is 4.74 Å². The zero-order chi connectivity index (χ0) is 13.7. The van der Waals surface area contributed by atoms with E-state index < -0.39 is 0 Å². The van der Waals surface area contributed by atoms with Crippen LogP contribution in [0.25, 0.3) is 0 Å². The Bertz CT molecular complexity index is 485. The number of allylic oxidation sites excluding steroid dienone is 1. The summed E-state index contributed by atoms with van der Waals surface area (Å²) in [6.45, 7) is 2.53. The van der Waals surface area contributed by atoms with Gasteiger partial charge in [0.15, 0.2) is 0 Å². The topological polar surface area (TPSA) is 58.6 Å². The molecule has 1 N–H and O–H groups in total. The molecule has 0 aliphatic carbocycles. The van der Waals surface area contributed by atoms with Gasteiger partial charge in [-0.1, -0.05) is 24.3 Å². The van der Waals surface area contributed by atoms with Crippen LogP contribution in [-0.2, 0) is 9.53 Å². The Morgan fingerprint density at radius 2 is 2.21 bits per heavy atom. The zero-order valence-corrected chi connectivity index (χ0v) is 10.7. The maximum Gasteiger partial charge on any atom is 0.414 e. The number of ether oxygens (including phenoxy) is 1. The molecule has 0 spiro atoms. The number of nitrogens with one attached hydrogen (secondary N) is 1. The van der Waals surface area contributed by atoms with Crippen LogP contribution in [0.1, 0.15) is 6.92 Å². The molecule has 5 nitrogen and oxygen atoms in total. The molecule has 1 heterocycles. The largest absolute Gasteiger partial charge is 0.442 e. The molecule has 0 bridgehead atoms. The fraction of sp³-hybridized carbons (Fsp3) is 0.286. The van der Waals surface area contributed by atoms with Gasteiger partial charge in [-0.15, -0.1) is 0 Å². The number of benzene rings is 1. The molecule has 2 amide bonds. The summed E-state index contributed by atoms with van der Waals surface area (Å²) in [5.74, 6) is -0.184. The number of hydrogen-bond donors (Lipinski definition) is 1. The summed E-state index contributed by atoms with van der Waals surface area (Å²) in [5.41, 5.74) is 0.801. The summed E-state index contributed by atoms with van der Waals surface area (Å²) in [7, 11) is 0. The minimum absolute atomic E-state index is 0.184. The number of cyclic esters (lactones) is 1. The second-order valence-corrected chi connectivity index (χ2v) is 4.20. The van der Waals surface area contributed by atoms with Crippen molar-refractivity contribution in [3.63, 3.8) is 0 Å². The fourth-order valence-electron chi connectivity index (χ4n) is 1.87. The van der Waals surface area contributed by atoms with E-state index in [1.807, 2.05) is 30.3 Å². The molecular formula is C14H16N2O3. The average Bonchev–Trinajstić information content (AvgIpc) is 2.79. The molecule has 0 saturated carbocycles. The Labute approximate surface area is 111 Å². The van der Waals surface area contributed by atoms with Gasteiger partial charge in [0.25, 0.3) is 0 Å². The highest BCUT2D eigenvalue weighted by atomic mass is 16.6. The van der Waals surface area contributed by atoms with Crippen molar-refractivity contribution in [3.05, 3.63) is 42.5 Å². The molecule has 5 heteroatoms. The van der Waals surface area contributed by atoms with Crippen molar-refractivity contribution in [2.45, 2.75) is 13.0 Å². The number of rotatable bonds is 4. The molecule has 1 saturated heterocycles. The molecule has 2 rings (SSSR count). The minimum Gasteiger partial charge on any atom is -0.442 e. The lowest BCUT2D eigenvalue weighted by molar-refractivity contribution is -0.116. The number of carbonyl (C=O) groups excluding carboxylic acids is 2. The molecule has 19 heavy (non-hydrogen) atoms. The van der Waals surface area contributed by atoms with Crippen molar-refractivity contribution in [1.29, 1.82) is 0 Å². The van der Waals surface area contributed by atoms with Gasteiger partial charge in [-0.3, -0.25) is 9.69 Å². The molecule has 1 atom stereocenters. The number of hydrogen-bond acceptors (Lipinski definition) is 3. The summed E-state index contributed by atoms with van der Waals surface area (Å²) in [5, 5.41) is 2.69. The van der Waals surface area contributed by atoms with Crippen molar-refractivity contribution in [2.75, 3.05) is 18.0 Å². The SMILES string of the molecule is CC=CC(=O)NCC1CN(c2ccccc2)C(=O)O1. The molecule has 1 aromatic rings. The Morgan fingerprint density at radius 1 is 1.47 bits per heavy atom. The van der Waals surface area contributed by atoms with Gasteiger partial charge < -0.3 is 10.1 Å². The van der Waals surface area contributed by atoms with Crippen LogP contribution < -0.4 is 10.2 Å². The molecule has 1 aliphatic rings. The highest BCUT2D eigenvalue weighted by molar-refractivity contribution is 5.90. The first-order valence-corrected chi connectivity index (χ1v) is 6.14. The first-order valence-electron chi connectivity index (χ1n) is 6.14. The lowest BCUT2D eigenvalue weighted by atomic mass is 10.2. The van der Waals surface area contributed by atoms with Gasteiger partial charge in [0.2, 0.25) is 5.91 Å². The fourth-order valence-corrected chi connectivity index (χ4v) is 1.87. The number of para-hydroxylation sites is 1. The van der Waals surface area contributed by atoms with Crippen LogP contribution in [-0.4, -0.2) is 31.2 Å². The summed E-state index contributed by atoms with van der Waals surface area (Å²) >= 11 is 0. The summed E-state index contributed by atoms with van der Waals surface area (Å²) in [6, 6.07) is 9.32. The molecular weight excluding hydrogens is 244 g/mol. The first kappa shape index (κ1) is 13.1. The smallest absolute Gasteiger partial charge is 0.414 e. The standard InChI is InChI=1S/C14H16N2O3/c1-2-6-13(17)15-9-12-10-16(14(18)19-12)11-7-4-3-5-8-11/h2-8,12H,9-10H2,1H3,(H,15,17). The molecule has 1 unspecified atom stereocenters. The second kappa shape index (κ2) is 6.04. The number of nitrogens with zero attached hydrogens (tertiary/aromatic N) is 1. The van der Waals surface area contributed by atoms with Crippen molar-refractivity contribution in [1.82, 2.24) is 5.32 Å². The third kappa shape index (κ3) is 3.34. The average molecular weight is 260 g/mol. The molecule has 1 aliphatic heterocycles. The normalized spacial score (nSPS) is 18.7. The van der Waals surface area contributed by atoms with Crippen LogP contribution in [0.5, 0.6) is 0 Å². The highest BCUT2D eigenvalue weighted by Gasteiger charge is 2.32. The predicted octanol–water partition coefficient (Wildman–Crippen LogP) is 1.70. The van der Waals surface area contributed by atoms with Gasteiger partial charge in [-0.05, 0) is 25.1 Å². The third-order valence-corrected chi connectivity index (χ3v) is 2.76. The van der Waals surface area contributed by atoms with Crippen LogP contribution in [0, 0.1) is 0 Å². The lowest BCUT2D eigenvalue weighted by Crippen LogP contribution is -2.33. The lowest BCUT2D eigenvalue weighted by Gasteiger charge is -2.12. The molecule has 0 aromatic heterocycles. The zero-order valence-electron chi connectivity index (χ0n) is 10.7. The van der Waals surface area contributed by atoms with E-state index in [1.54, 1.807) is 17.9 Å². The van der Waals surface area contributed by atoms with E-state index in [1.165, 1.54) is 6.08 Å². The maximum atomic E-state index is 11.7. The van der Waals surface area contributed by atoms with Crippen molar-refractivity contribution in [2.24, 2.45) is 0 Å². The van der Waals surface area contributed by atoms with E-state index in [2.05, 4.69) is 5.32 Å². The van der Waals surface area contributed by atoms with Crippen molar-refractivity contribution in [3.8, 4) is 0 Å². The molecule has 1 aromatic carbocycles. The van der Waals surface area contributed by atoms with E-state index >= 15 is 0 Å². The highest BCUT2D eigenvalue weighted by Crippen LogP contribution is 2.20. The van der Waals surface area contributed by atoms with Gasteiger partial charge >= 0.3 is 6.09 Å². The molecule has 100 valence electrons. The molecule has 1 fully saturated rings. The van der Waals surface area contributed by atoms with Gasteiger partial charge in [-0.25, -0.2) is 4.79 Å². The predicted molar refractivity (Wildman–Crippen MR) is 71.9 cm³/mol. The van der Waals surface area contributed by atoms with Crippen LogP contribution in [0.3, 0.4) is 0 Å². The third-order valence-electron chi connectivity index (χ3n) is 2.76. The number of anilines is 1. The van der Waals surface area contributed by atoms with E-state index in [9.17, 15) is 9.59 Å². The van der Waals surface area contributed by atoms with Gasteiger partial charge in [0.1, 0.15) is 6.10 Å². The van der Waals surface area contributed by atoms with E-state index in [0.717, 1.165) is 5.69 Å². The van der Waals surface area contributed by atoms with E-state index in [-0.39, 0.29) is 18.1 Å². The van der Waals surface area contributed by atoms with Gasteiger partial charge in [-0.2, -0.15) is 0 Å². The Hall–Kier alpha value is -2.30. The van der Waals surface area contributed by atoms with Gasteiger partial charge in [0, 0.05) is 5.69 Å². The number of carbonyl (C=O) groups is 2. The maximum absolute atomic E-state index is 11.7. The second-order valence-electron chi connectivity index (χ2n) is 4.20. The quantitative estimate of drug-likeness (QED) is 0.838. The van der Waals surface area contributed by atoms with Crippen LogP contribution in [0.2, 0.25) is 0 Å². The van der Waals surface area contributed by atoms with Gasteiger partial charge in [0.05, 0.1) is 13.1 Å². The Kier molecular flexibility index (Phi) is 4.18. The monoisotopic (exact) mass is 260 g/mol. The summed E-state index contributed by atoms with van der Waals surface area (Å²) in [4.78, 5) is 24.6. The van der Waals surface area contributed by atoms with Crippen LogP contribution in [0.4, 0.5) is 10.5 Å². The number of amides is 2. The van der Waals surface area contributed by atoms with E-state index in [0.29, 0.717) is 13.1 Å². The first-order chi connectivity index (χ1) is 9.20. The molecule has 0 radical (unpaired) electrons. The van der Waals surface area contributed by atoms with Crippen molar-refractivity contribution >= 4 is 17.7 Å². The Balaban J connectivity index is 1.91. The minimum atomic E-state index is -0.378. The van der Waals surface area contributed by atoms with Crippen LogP contribution >= 0.6 is 0 Å². The Morgan fingerprint density at radius 3 is 2.89 bits per heavy atom. The summed E-state index contributed by atoms with van der Waals surface area (Å²) < 4.78 is 5.21.